The summed E-state index contributed by atoms with van der Waals surface area (Å²) in [7, 11) is -1.48. The molecule has 0 unspecified atom stereocenters. The van der Waals surface area contributed by atoms with Crippen molar-refractivity contribution in [3.63, 3.8) is 0 Å². The third-order valence-electron chi connectivity index (χ3n) is 7.09. The summed E-state index contributed by atoms with van der Waals surface area (Å²) in [5.74, 6) is 0.417. The Hall–Kier alpha value is -2.91. The Morgan fingerprint density at radius 1 is 0.971 bits per heavy atom. The van der Waals surface area contributed by atoms with Crippen LogP contribution in [0.2, 0.25) is 0 Å². The molecule has 9 heteroatoms. The van der Waals surface area contributed by atoms with Crippen molar-refractivity contribution in [1.29, 1.82) is 0 Å². The van der Waals surface area contributed by atoms with Crippen molar-refractivity contribution in [2.24, 2.45) is 10.3 Å². The number of benzene rings is 2. The van der Waals surface area contributed by atoms with Crippen molar-refractivity contribution >= 4 is 33.1 Å². The summed E-state index contributed by atoms with van der Waals surface area (Å²) in [5.41, 5.74) is 3.87. The molecule has 3 aliphatic heterocycles. The molecule has 2 saturated heterocycles. The van der Waals surface area contributed by atoms with E-state index in [4.69, 9.17) is 0 Å². The highest BCUT2D eigenvalue weighted by Gasteiger charge is 2.34. The van der Waals surface area contributed by atoms with Crippen LogP contribution < -0.4 is 10.2 Å². The predicted octanol–water partition coefficient (Wildman–Crippen LogP) is 2.55. The largest absolute Gasteiger partial charge is 0.369 e. The van der Waals surface area contributed by atoms with Gasteiger partial charge in [0.2, 0.25) is 5.91 Å². The van der Waals surface area contributed by atoms with E-state index in [9.17, 15) is 13.2 Å². The first-order chi connectivity index (χ1) is 16.3. The molecule has 0 aromatic heterocycles. The maximum Gasteiger partial charge on any atom is 0.285 e. The molecule has 0 atom stereocenters. The SMILES string of the molecule is Cc1cc(NC(=O)C2CCN(C3=NS(=O)(=O)c4ccccc43)CC2)ccc1N1CCN(C)CC1. The van der Waals surface area contributed by atoms with E-state index < -0.39 is 10.0 Å². The quantitative estimate of drug-likeness (QED) is 0.725. The van der Waals surface area contributed by atoms with Crippen LogP contribution in [0.3, 0.4) is 0 Å². The van der Waals surface area contributed by atoms with Gasteiger partial charge in [-0.1, -0.05) is 12.1 Å². The lowest BCUT2D eigenvalue weighted by molar-refractivity contribution is -0.120. The molecule has 0 aliphatic carbocycles. The van der Waals surface area contributed by atoms with E-state index in [1.165, 1.54) is 5.69 Å². The highest BCUT2D eigenvalue weighted by molar-refractivity contribution is 7.90. The van der Waals surface area contributed by atoms with Crippen molar-refractivity contribution < 1.29 is 13.2 Å². The number of rotatable bonds is 3. The summed E-state index contributed by atoms with van der Waals surface area (Å²) >= 11 is 0. The molecule has 3 heterocycles. The standard InChI is InChI=1S/C25H31N5O3S/c1-18-17-20(7-8-22(18)29-15-13-28(2)14-16-29)26-25(31)19-9-11-30(12-10-19)24-21-5-3-4-6-23(21)34(32,33)27-24/h3-8,17,19H,9-16H2,1-2H3,(H,26,31). The van der Waals surface area contributed by atoms with Crippen LogP contribution in [0.25, 0.3) is 0 Å². The number of carbonyl (C=O) groups is 1. The van der Waals surface area contributed by atoms with Gasteiger partial charge in [0.25, 0.3) is 10.0 Å². The lowest BCUT2D eigenvalue weighted by atomic mass is 9.95. The first-order valence-electron chi connectivity index (χ1n) is 11.9. The summed E-state index contributed by atoms with van der Waals surface area (Å²) in [6.45, 7) is 7.43. The second-order valence-corrected chi connectivity index (χ2v) is 11.0. The van der Waals surface area contributed by atoms with Gasteiger partial charge in [-0.15, -0.1) is 4.40 Å². The number of nitrogens with one attached hydrogen (secondary N) is 1. The monoisotopic (exact) mass is 481 g/mol. The van der Waals surface area contributed by atoms with Crippen LogP contribution in [-0.4, -0.2) is 76.3 Å². The molecule has 0 bridgehead atoms. The highest BCUT2D eigenvalue weighted by atomic mass is 32.2. The smallest absolute Gasteiger partial charge is 0.285 e. The summed E-state index contributed by atoms with van der Waals surface area (Å²) < 4.78 is 28.7. The van der Waals surface area contributed by atoms with E-state index in [-0.39, 0.29) is 16.7 Å². The number of piperazine rings is 1. The molecule has 2 fully saturated rings. The average molecular weight is 482 g/mol. The number of likely N-dealkylation sites (N-methyl/N-ethyl adjacent to an activating group) is 1. The zero-order chi connectivity index (χ0) is 23.9. The molecule has 0 saturated carbocycles. The molecular weight excluding hydrogens is 450 g/mol. The zero-order valence-corrected chi connectivity index (χ0v) is 20.5. The maximum absolute atomic E-state index is 13.0. The Morgan fingerprint density at radius 3 is 2.38 bits per heavy atom. The molecule has 1 N–H and O–H groups in total. The molecule has 0 spiro atoms. The minimum Gasteiger partial charge on any atom is -0.369 e. The number of nitrogens with zero attached hydrogens (tertiary/aromatic N) is 4. The Labute approximate surface area is 201 Å². The van der Waals surface area contributed by atoms with E-state index in [1.54, 1.807) is 18.2 Å². The number of hydrogen-bond donors (Lipinski definition) is 1. The molecule has 5 rings (SSSR count). The number of amidine groups is 1. The minimum absolute atomic E-state index is 0.0211. The van der Waals surface area contributed by atoms with Gasteiger partial charge in [0.15, 0.2) is 5.84 Å². The van der Waals surface area contributed by atoms with E-state index in [1.807, 2.05) is 17.0 Å². The lowest BCUT2D eigenvalue weighted by Gasteiger charge is -2.35. The van der Waals surface area contributed by atoms with Crippen LogP contribution in [0.1, 0.15) is 24.0 Å². The van der Waals surface area contributed by atoms with Gasteiger partial charge in [-0.3, -0.25) is 4.79 Å². The number of anilines is 2. The van der Waals surface area contributed by atoms with E-state index in [0.29, 0.717) is 37.3 Å². The molecule has 34 heavy (non-hydrogen) atoms. The fourth-order valence-corrected chi connectivity index (χ4v) is 6.28. The highest BCUT2D eigenvalue weighted by Crippen LogP contribution is 2.30. The van der Waals surface area contributed by atoms with Crippen LogP contribution in [-0.2, 0) is 14.8 Å². The number of fused-ring (bicyclic) bond motifs is 1. The van der Waals surface area contributed by atoms with Gasteiger partial charge < -0.3 is 20.0 Å². The topological polar surface area (TPSA) is 85.3 Å². The van der Waals surface area contributed by atoms with Gasteiger partial charge in [-0.2, -0.15) is 8.42 Å². The van der Waals surface area contributed by atoms with Crippen LogP contribution >= 0.6 is 0 Å². The second-order valence-electron chi connectivity index (χ2n) is 9.43. The van der Waals surface area contributed by atoms with Crippen LogP contribution in [0, 0.1) is 12.8 Å². The van der Waals surface area contributed by atoms with Gasteiger partial charge in [-0.05, 0) is 62.7 Å². The second kappa shape index (κ2) is 9.03. The number of sulfonamides is 1. The van der Waals surface area contributed by atoms with Gasteiger partial charge in [0.1, 0.15) is 4.90 Å². The van der Waals surface area contributed by atoms with Crippen LogP contribution in [0.15, 0.2) is 51.8 Å². The molecule has 3 aliphatic rings. The van der Waals surface area contributed by atoms with Gasteiger partial charge >= 0.3 is 0 Å². The van der Waals surface area contributed by atoms with Crippen LogP contribution in [0.4, 0.5) is 11.4 Å². The fourth-order valence-electron chi connectivity index (χ4n) is 5.05. The number of hydrogen-bond acceptors (Lipinski definition) is 6. The number of aryl methyl sites for hydroxylation is 1. The minimum atomic E-state index is -3.63. The molecule has 180 valence electrons. The Kier molecular flexibility index (Phi) is 6.07. The zero-order valence-electron chi connectivity index (χ0n) is 19.7. The fraction of sp³-hybridized carbons (Fsp3) is 0.440. The van der Waals surface area contributed by atoms with Crippen LogP contribution in [0.5, 0.6) is 0 Å². The Balaban J connectivity index is 1.20. The Bertz CT molecular complexity index is 1230. The summed E-state index contributed by atoms with van der Waals surface area (Å²) in [4.78, 5) is 20.0. The molecule has 8 nitrogen and oxygen atoms in total. The lowest BCUT2D eigenvalue weighted by Crippen LogP contribution is -2.44. The van der Waals surface area contributed by atoms with Crippen molar-refractivity contribution in [2.45, 2.75) is 24.7 Å². The molecule has 2 aromatic carbocycles. The maximum atomic E-state index is 13.0. The van der Waals surface area contributed by atoms with E-state index in [2.05, 4.69) is 45.6 Å². The van der Waals surface area contributed by atoms with Crippen molar-refractivity contribution in [3.8, 4) is 0 Å². The molecule has 0 radical (unpaired) electrons. The number of piperidine rings is 1. The predicted molar refractivity (Wildman–Crippen MR) is 134 cm³/mol. The van der Waals surface area contributed by atoms with Crippen molar-refractivity contribution in [1.82, 2.24) is 9.80 Å². The van der Waals surface area contributed by atoms with E-state index in [0.717, 1.165) is 37.4 Å². The third kappa shape index (κ3) is 4.42. The van der Waals surface area contributed by atoms with Gasteiger partial charge in [0.05, 0.1) is 0 Å². The molecular formula is C25H31N5O3S. The first-order valence-corrected chi connectivity index (χ1v) is 13.3. The first kappa shape index (κ1) is 22.9. The number of likely N-dealkylation sites (tertiary alicyclic amines) is 1. The Morgan fingerprint density at radius 2 is 1.68 bits per heavy atom. The summed E-state index contributed by atoms with van der Waals surface area (Å²) in [6, 6.07) is 13.1. The van der Waals surface area contributed by atoms with Crippen molar-refractivity contribution in [3.05, 3.63) is 53.6 Å². The van der Waals surface area contributed by atoms with Crippen molar-refractivity contribution in [2.75, 3.05) is 56.5 Å². The molecule has 1 amide bonds. The summed E-state index contributed by atoms with van der Waals surface area (Å²) in [5, 5.41) is 3.09. The number of carbonyl (C=O) groups excluding carboxylic acids is 1. The average Bonchev–Trinajstić information content (AvgIpc) is 3.11. The van der Waals surface area contributed by atoms with Gasteiger partial charge in [0, 0.05) is 62.1 Å². The third-order valence-corrected chi connectivity index (χ3v) is 8.41. The van der Waals surface area contributed by atoms with Gasteiger partial charge in [-0.25, -0.2) is 0 Å². The normalized spacial score (nSPS) is 20.7. The van der Waals surface area contributed by atoms with E-state index >= 15 is 0 Å². The molecule has 2 aromatic rings. The number of amides is 1. The summed E-state index contributed by atoms with van der Waals surface area (Å²) in [6.07, 6.45) is 1.32.